The number of aliphatic hydroxyl groups excluding tert-OH is 1. The Morgan fingerprint density at radius 2 is 2.32 bits per heavy atom. The number of rotatable bonds is 6. The minimum atomic E-state index is -0.258. The van der Waals surface area contributed by atoms with Gasteiger partial charge in [0.15, 0.2) is 0 Å². The number of aliphatic hydroxyl groups is 1. The van der Waals surface area contributed by atoms with Crippen molar-refractivity contribution in [3.63, 3.8) is 0 Å². The lowest BCUT2D eigenvalue weighted by molar-refractivity contribution is 0.0375. The molecule has 118 valence electrons. The zero-order valence-corrected chi connectivity index (χ0v) is 13.9. The highest BCUT2D eigenvalue weighted by atomic mass is 32.1. The number of aromatic nitrogens is 1. The highest BCUT2D eigenvalue weighted by Gasteiger charge is 2.41. The molecule has 0 aliphatic carbocycles. The summed E-state index contributed by atoms with van der Waals surface area (Å²) in [5.41, 5.74) is 1.29. The van der Waals surface area contributed by atoms with Gasteiger partial charge in [0.2, 0.25) is 0 Å². The topological polar surface area (TPSA) is 36.4 Å². The van der Waals surface area contributed by atoms with Crippen molar-refractivity contribution in [1.82, 2.24) is 9.88 Å². The zero-order valence-electron chi connectivity index (χ0n) is 13.1. The average Bonchev–Trinajstić information content (AvgIpc) is 3.16. The largest absolute Gasteiger partial charge is 0.393 e. The standard InChI is InChI=1S/C18H24N2OS/c1-15(21)18(7-6-17-5-3-11-22-17)8-10-20(14-18)13-16-4-2-9-19-12-16/h2-5,9,11-12,15,21H,6-8,10,13-14H2,1H3/t15-,18?/m0/s1. The van der Waals surface area contributed by atoms with E-state index in [-0.39, 0.29) is 11.5 Å². The smallest absolute Gasteiger partial charge is 0.0581 e. The van der Waals surface area contributed by atoms with Gasteiger partial charge < -0.3 is 5.11 Å². The zero-order chi connectivity index (χ0) is 15.4. The Hall–Kier alpha value is -1.23. The SMILES string of the molecule is C[C@H](O)C1(CCc2cccs2)CCN(Cc2cccnc2)C1. The van der Waals surface area contributed by atoms with Crippen LogP contribution < -0.4 is 0 Å². The second-order valence-electron chi connectivity index (χ2n) is 6.44. The molecular formula is C18H24N2OS. The lowest BCUT2D eigenvalue weighted by atomic mass is 9.77. The normalized spacial score (nSPS) is 23.7. The summed E-state index contributed by atoms with van der Waals surface area (Å²) in [6, 6.07) is 8.42. The summed E-state index contributed by atoms with van der Waals surface area (Å²) in [5.74, 6) is 0. The highest BCUT2D eigenvalue weighted by Crippen LogP contribution is 2.39. The summed E-state index contributed by atoms with van der Waals surface area (Å²) in [6.45, 7) is 4.93. The molecule has 0 radical (unpaired) electrons. The second kappa shape index (κ2) is 6.90. The van der Waals surface area contributed by atoms with E-state index in [4.69, 9.17) is 0 Å². The molecule has 3 nitrogen and oxygen atoms in total. The van der Waals surface area contributed by atoms with Crippen LogP contribution in [0.25, 0.3) is 0 Å². The van der Waals surface area contributed by atoms with Gasteiger partial charge in [-0.05, 0) is 55.8 Å². The molecule has 4 heteroatoms. The van der Waals surface area contributed by atoms with Gasteiger partial charge in [0.05, 0.1) is 6.10 Å². The highest BCUT2D eigenvalue weighted by molar-refractivity contribution is 7.09. The van der Waals surface area contributed by atoms with Crippen molar-refractivity contribution in [2.24, 2.45) is 5.41 Å². The van der Waals surface area contributed by atoms with E-state index in [2.05, 4.69) is 33.5 Å². The summed E-state index contributed by atoms with van der Waals surface area (Å²) in [6.07, 6.45) is 6.71. The fraction of sp³-hybridized carbons (Fsp3) is 0.500. The van der Waals surface area contributed by atoms with E-state index in [9.17, 15) is 5.11 Å². The van der Waals surface area contributed by atoms with Crippen LogP contribution in [0.3, 0.4) is 0 Å². The number of pyridine rings is 1. The van der Waals surface area contributed by atoms with Crippen molar-refractivity contribution in [3.8, 4) is 0 Å². The maximum absolute atomic E-state index is 10.4. The summed E-state index contributed by atoms with van der Waals surface area (Å²) in [7, 11) is 0. The summed E-state index contributed by atoms with van der Waals surface area (Å²) >= 11 is 1.82. The second-order valence-corrected chi connectivity index (χ2v) is 7.47. The van der Waals surface area contributed by atoms with Crippen LogP contribution in [0.1, 0.15) is 30.2 Å². The Morgan fingerprint density at radius 1 is 1.41 bits per heavy atom. The third-order valence-electron chi connectivity index (χ3n) is 4.93. The van der Waals surface area contributed by atoms with Gasteiger partial charge in [-0.1, -0.05) is 12.1 Å². The molecule has 1 aliphatic rings. The summed E-state index contributed by atoms with van der Waals surface area (Å²) in [4.78, 5) is 8.07. The minimum Gasteiger partial charge on any atom is -0.393 e. The third-order valence-corrected chi connectivity index (χ3v) is 5.87. The lowest BCUT2D eigenvalue weighted by Crippen LogP contribution is -2.36. The van der Waals surface area contributed by atoms with Gasteiger partial charge in [0, 0.05) is 35.8 Å². The molecule has 0 amide bonds. The van der Waals surface area contributed by atoms with Crippen LogP contribution in [0.15, 0.2) is 42.0 Å². The molecule has 22 heavy (non-hydrogen) atoms. The summed E-state index contributed by atoms with van der Waals surface area (Å²) in [5, 5.41) is 12.5. The Kier molecular flexibility index (Phi) is 4.91. The average molecular weight is 316 g/mol. The molecule has 0 aromatic carbocycles. The number of likely N-dealkylation sites (tertiary alicyclic amines) is 1. The molecular weight excluding hydrogens is 292 g/mol. The van der Waals surface area contributed by atoms with Crippen LogP contribution in [0, 0.1) is 5.41 Å². The van der Waals surface area contributed by atoms with Crippen LogP contribution >= 0.6 is 11.3 Å². The minimum absolute atomic E-state index is 0.0339. The number of hydrogen-bond donors (Lipinski definition) is 1. The third kappa shape index (κ3) is 3.57. The van der Waals surface area contributed by atoms with Crippen LogP contribution in [0.2, 0.25) is 0 Å². The number of nitrogens with zero attached hydrogens (tertiary/aromatic N) is 2. The van der Waals surface area contributed by atoms with Crippen molar-refractivity contribution in [2.45, 2.75) is 38.8 Å². The van der Waals surface area contributed by atoms with Crippen LogP contribution in [-0.2, 0) is 13.0 Å². The number of aryl methyl sites for hydroxylation is 1. The summed E-state index contributed by atoms with van der Waals surface area (Å²) < 4.78 is 0. The van der Waals surface area contributed by atoms with Gasteiger partial charge >= 0.3 is 0 Å². The molecule has 2 aromatic rings. The first-order valence-corrected chi connectivity index (χ1v) is 8.88. The first-order chi connectivity index (χ1) is 10.7. The quantitative estimate of drug-likeness (QED) is 0.888. The molecule has 0 bridgehead atoms. The van der Waals surface area contributed by atoms with Gasteiger partial charge in [-0.2, -0.15) is 0 Å². The first kappa shape index (κ1) is 15.7. The molecule has 0 spiro atoms. The van der Waals surface area contributed by atoms with Crippen molar-refractivity contribution in [3.05, 3.63) is 52.5 Å². The molecule has 2 aromatic heterocycles. The Morgan fingerprint density at radius 3 is 3.00 bits per heavy atom. The van der Waals surface area contributed by atoms with Crippen LogP contribution in [0.4, 0.5) is 0 Å². The van der Waals surface area contributed by atoms with Crippen molar-refractivity contribution in [1.29, 1.82) is 0 Å². The monoisotopic (exact) mass is 316 g/mol. The molecule has 3 rings (SSSR count). The molecule has 3 heterocycles. The maximum atomic E-state index is 10.4. The van der Waals surface area contributed by atoms with E-state index in [1.54, 1.807) is 0 Å². The van der Waals surface area contributed by atoms with E-state index in [0.717, 1.165) is 38.9 Å². The molecule has 1 aliphatic heterocycles. The van der Waals surface area contributed by atoms with Gasteiger partial charge in [0.25, 0.3) is 0 Å². The Bertz CT molecular complexity index is 570. The van der Waals surface area contributed by atoms with Gasteiger partial charge in [-0.3, -0.25) is 9.88 Å². The van der Waals surface area contributed by atoms with E-state index in [0.29, 0.717) is 0 Å². The van der Waals surface area contributed by atoms with Gasteiger partial charge in [-0.15, -0.1) is 11.3 Å². The predicted molar refractivity (Wildman–Crippen MR) is 90.9 cm³/mol. The Balaban J connectivity index is 1.62. The Labute approximate surface area is 136 Å². The maximum Gasteiger partial charge on any atom is 0.0581 e. The van der Waals surface area contributed by atoms with Crippen LogP contribution in [0.5, 0.6) is 0 Å². The molecule has 0 saturated carbocycles. The number of thiophene rings is 1. The van der Waals surface area contributed by atoms with Crippen molar-refractivity contribution < 1.29 is 5.11 Å². The fourth-order valence-corrected chi connectivity index (χ4v) is 4.16. The molecule has 1 saturated heterocycles. The predicted octanol–water partition coefficient (Wildman–Crippen LogP) is 3.35. The van der Waals surface area contributed by atoms with Crippen molar-refractivity contribution >= 4 is 11.3 Å². The van der Waals surface area contributed by atoms with Gasteiger partial charge in [0.1, 0.15) is 0 Å². The molecule has 2 atom stereocenters. The first-order valence-electron chi connectivity index (χ1n) is 8.00. The fourth-order valence-electron chi connectivity index (χ4n) is 3.45. The lowest BCUT2D eigenvalue weighted by Gasteiger charge is -2.32. The van der Waals surface area contributed by atoms with E-state index in [1.807, 2.05) is 36.7 Å². The van der Waals surface area contributed by atoms with E-state index in [1.165, 1.54) is 10.4 Å². The van der Waals surface area contributed by atoms with Crippen molar-refractivity contribution in [2.75, 3.05) is 13.1 Å². The number of hydrogen-bond acceptors (Lipinski definition) is 4. The van der Waals surface area contributed by atoms with Crippen LogP contribution in [-0.4, -0.2) is 34.2 Å². The molecule has 1 N–H and O–H groups in total. The van der Waals surface area contributed by atoms with E-state index < -0.39 is 0 Å². The molecule has 1 unspecified atom stereocenters. The van der Waals surface area contributed by atoms with Gasteiger partial charge in [-0.25, -0.2) is 0 Å². The molecule has 1 fully saturated rings. The van der Waals surface area contributed by atoms with E-state index >= 15 is 0 Å².